The molecule has 2 rings (SSSR count). The van der Waals surface area contributed by atoms with Crippen LogP contribution < -0.4 is 5.32 Å². The van der Waals surface area contributed by atoms with E-state index in [-0.39, 0.29) is 11.9 Å². The summed E-state index contributed by atoms with van der Waals surface area (Å²) in [5, 5.41) is 12.0. The van der Waals surface area contributed by atoms with Crippen molar-refractivity contribution in [2.75, 3.05) is 6.54 Å². The molecule has 2 N–H and O–H groups in total. The summed E-state index contributed by atoms with van der Waals surface area (Å²) >= 11 is 1.46. The third kappa shape index (κ3) is 3.23. The van der Waals surface area contributed by atoms with Gasteiger partial charge in [0.15, 0.2) is 0 Å². The molecule has 1 fully saturated rings. The van der Waals surface area contributed by atoms with Crippen molar-refractivity contribution >= 4 is 23.3 Å². The summed E-state index contributed by atoms with van der Waals surface area (Å²) in [6, 6.07) is -1.04. The summed E-state index contributed by atoms with van der Waals surface area (Å²) in [7, 11) is 0. The first-order valence-corrected chi connectivity index (χ1v) is 7.12. The predicted molar refractivity (Wildman–Crippen MR) is 70.9 cm³/mol. The van der Waals surface area contributed by atoms with E-state index in [1.54, 1.807) is 11.7 Å². The van der Waals surface area contributed by atoms with Gasteiger partial charge in [-0.05, 0) is 18.8 Å². The smallest absolute Gasteiger partial charge is 0.326 e. The summed E-state index contributed by atoms with van der Waals surface area (Å²) in [4.78, 5) is 29.7. The van der Waals surface area contributed by atoms with Crippen LogP contribution in [-0.2, 0) is 11.3 Å². The first-order chi connectivity index (χ1) is 9.09. The monoisotopic (exact) mass is 283 g/mol. The summed E-state index contributed by atoms with van der Waals surface area (Å²) < 4.78 is 0. The lowest BCUT2D eigenvalue weighted by molar-refractivity contribution is -0.145. The topological polar surface area (TPSA) is 82.5 Å². The number of hydrogen-bond donors (Lipinski definition) is 2. The average molecular weight is 283 g/mol. The fraction of sp³-hybridized carbons (Fsp3) is 0.583. The predicted octanol–water partition coefficient (Wildman–Crippen LogP) is 1.54. The maximum Gasteiger partial charge on any atom is 0.326 e. The van der Waals surface area contributed by atoms with Crippen molar-refractivity contribution in [2.24, 2.45) is 5.92 Å². The molecule has 0 saturated carbocycles. The van der Waals surface area contributed by atoms with Crippen LogP contribution in [0, 0.1) is 5.92 Å². The summed E-state index contributed by atoms with van der Waals surface area (Å²) in [5.74, 6) is -0.944. The largest absolute Gasteiger partial charge is 0.480 e. The third-order valence-electron chi connectivity index (χ3n) is 3.34. The van der Waals surface area contributed by atoms with Gasteiger partial charge in [-0.3, -0.25) is 4.98 Å². The molecule has 2 atom stereocenters. The Morgan fingerprint density at radius 3 is 3.05 bits per heavy atom. The molecule has 2 unspecified atom stereocenters. The molecule has 19 heavy (non-hydrogen) atoms. The van der Waals surface area contributed by atoms with Crippen molar-refractivity contribution in [1.29, 1.82) is 0 Å². The van der Waals surface area contributed by atoms with Crippen LogP contribution in [0.5, 0.6) is 0 Å². The van der Waals surface area contributed by atoms with E-state index in [9.17, 15) is 14.7 Å². The van der Waals surface area contributed by atoms with Gasteiger partial charge < -0.3 is 15.3 Å². The zero-order chi connectivity index (χ0) is 13.8. The molecule has 0 bridgehead atoms. The van der Waals surface area contributed by atoms with Gasteiger partial charge in [0, 0.05) is 17.6 Å². The highest BCUT2D eigenvalue weighted by atomic mass is 32.1. The quantitative estimate of drug-likeness (QED) is 0.881. The van der Waals surface area contributed by atoms with Crippen LogP contribution in [0.1, 0.15) is 24.6 Å². The molecule has 1 aromatic heterocycles. The molecule has 6 nitrogen and oxygen atoms in total. The zero-order valence-electron chi connectivity index (χ0n) is 10.7. The number of nitrogens with one attached hydrogen (secondary N) is 1. The van der Waals surface area contributed by atoms with Crippen LogP contribution in [0.4, 0.5) is 4.79 Å². The van der Waals surface area contributed by atoms with Crippen molar-refractivity contribution in [2.45, 2.75) is 32.4 Å². The Morgan fingerprint density at radius 1 is 1.63 bits per heavy atom. The minimum absolute atomic E-state index is 0.0135. The molecular weight excluding hydrogens is 266 g/mol. The van der Waals surface area contributed by atoms with Crippen LogP contribution in [0.15, 0.2) is 11.7 Å². The first-order valence-electron chi connectivity index (χ1n) is 6.24. The molecule has 2 amide bonds. The minimum atomic E-state index is -0.930. The highest BCUT2D eigenvalue weighted by molar-refractivity contribution is 7.09. The number of piperidine rings is 1. The second-order valence-corrected chi connectivity index (χ2v) is 5.69. The van der Waals surface area contributed by atoms with Gasteiger partial charge in [0.25, 0.3) is 0 Å². The van der Waals surface area contributed by atoms with E-state index >= 15 is 0 Å². The van der Waals surface area contributed by atoms with Gasteiger partial charge in [-0.2, -0.15) is 0 Å². The molecule has 0 spiro atoms. The van der Waals surface area contributed by atoms with Crippen molar-refractivity contribution in [3.8, 4) is 0 Å². The van der Waals surface area contributed by atoms with Gasteiger partial charge in [0.1, 0.15) is 6.04 Å². The molecule has 0 radical (unpaired) electrons. The Balaban J connectivity index is 1.97. The molecule has 104 valence electrons. The van der Waals surface area contributed by atoms with Crippen molar-refractivity contribution in [3.05, 3.63) is 16.6 Å². The SMILES string of the molecule is CC1CCCN(C(=O)NCc2cncs2)C1C(=O)O. The molecule has 1 aromatic rings. The van der Waals surface area contributed by atoms with E-state index in [1.165, 1.54) is 16.2 Å². The first kappa shape index (κ1) is 13.8. The summed E-state index contributed by atoms with van der Waals surface area (Å²) in [5.41, 5.74) is 1.70. The second kappa shape index (κ2) is 6.01. The number of rotatable bonds is 3. The van der Waals surface area contributed by atoms with E-state index < -0.39 is 12.0 Å². The zero-order valence-corrected chi connectivity index (χ0v) is 11.5. The fourth-order valence-corrected chi connectivity index (χ4v) is 2.92. The van der Waals surface area contributed by atoms with Gasteiger partial charge in [-0.1, -0.05) is 6.92 Å². The number of aromatic nitrogens is 1. The Morgan fingerprint density at radius 2 is 2.42 bits per heavy atom. The standard InChI is InChI=1S/C12H17N3O3S/c1-8-3-2-4-15(10(8)11(16)17)12(18)14-6-9-5-13-7-19-9/h5,7-8,10H,2-4,6H2,1H3,(H,14,18)(H,16,17). The minimum Gasteiger partial charge on any atom is -0.480 e. The summed E-state index contributed by atoms with van der Waals surface area (Å²) in [6.45, 7) is 2.76. The van der Waals surface area contributed by atoms with Crippen molar-refractivity contribution < 1.29 is 14.7 Å². The molecule has 1 saturated heterocycles. The summed E-state index contributed by atoms with van der Waals surface area (Å²) in [6.07, 6.45) is 3.38. The number of carboxylic acid groups (broad SMARTS) is 1. The third-order valence-corrected chi connectivity index (χ3v) is 4.12. The van der Waals surface area contributed by atoms with E-state index in [1.807, 2.05) is 6.92 Å². The molecule has 2 heterocycles. The van der Waals surface area contributed by atoms with Crippen LogP contribution >= 0.6 is 11.3 Å². The number of likely N-dealkylation sites (tertiary alicyclic amines) is 1. The van der Waals surface area contributed by atoms with Gasteiger partial charge in [-0.25, -0.2) is 9.59 Å². The number of carbonyl (C=O) groups excluding carboxylic acids is 1. The Kier molecular flexibility index (Phi) is 4.36. The Hall–Kier alpha value is -1.63. The number of carboxylic acids is 1. The van der Waals surface area contributed by atoms with E-state index in [4.69, 9.17) is 0 Å². The number of thiazole rings is 1. The molecule has 1 aliphatic rings. The second-order valence-electron chi connectivity index (χ2n) is 4.72. The number of urea groups is 1. The van der Waals surface area contributed by atoms with Gasteiger partial charge in [0.05, 0.1) is 12.1 Å². The van der Waals surface area contributed by atoms with E-state index in [2.05, 4.69) is 10.3 Å². The number of carbonyl (C=O) groups is 2. The van der Waals surface area contributed by atoms with Crippen molar-refractivity contribution in [3.63, 3.8) is 0 Å². The van der Waals surface area contributed by atoms with Crippen LogP contribution in [0.25, 0.3) is 0 Å². The molecule has 0 aliphatic carbocycles. The Labute approximate surface area is 115 Å². The maximum absolute atomic E-state index is 12.1. The van der Waals surface area contributed by atoms with Crippen LogP contribution in [0.2, 0.25) is 0 Å². The molecular formula is C12H17N3O3S. The van der Waals surface area contributed by atoms with Gasteiger partial charge in [0.2, 0.25) is 0 Å². The fourth-order valence-electron chi connectivity index (χ4n) is 2.39. The molecule has 7 heteroatoms. The van der Waals surface area contributed by atoms with Crippen LogP contribution in [-0.4, -0.2) is 39.6 Å². The number of nitrogens with zero attached hydrogens (tertiary/aromatic N) is 2. The number of amides is 2. The van der Waals surface area contributed by atoms with Gasteiger partial charge >= 0.3 is 12.0 Å². The Bertz CT molecular complexity index is 449. The lowest BCUT2D eigenvalue weighted by Gasteiger charge is -2.37. The lowest BCUT2D eigenvalue weighted by atomic mass is 9.91. The van der Waals surface area contributed by atoms with Crippen molar-refractivity contribution in [1.82, 2.24) is 15.2 Å². The highest BCUT2D eigenvalue weighted by Crippen LogP contribution is 2.23. The maximum atomic E-state index is 12.1. The average Bonchev–Trinajstić information content (AvgIpc) is 2.88. The highest BCUT2D eigenvalue weighted by Gasteiger charge is 2.36. The normalized spacial score (nSPS) is 23.1. The molecule has 0 aromatic carbocycles. The number of hydrogen-bond acceptors (Lipinski definition) is 4. The van der Waals surface area contributed by atoms with E-state index in [0.29, 0.717) is 13.1 Å². The van der Waals surface area contributed by atoms with E-state index in [0.717, 1.165) is 17.7 Å². The van der Waals surface area contributed by atoms with Gasteiger partial charge in [-0.15, -0.1) is 11.3 Å². The number of aliphatic carboxylic acids is 1. The van der Waals surface area contributed by atoms with Crippen LogP contribution in [0.3, 0.4) is 0 Å². The molecule has 1 aliphatic heterocycles. The lowest BCUT2D eigenvalue weighted by Crippen LogP contribution is -2.54.